The van der Waals surface area contributed by atoms with Crippen LogP contribution in [-0.2, 0) is 0 Å². The summed E-state index contributed by atoms with van der Waals surface area (Å²) in [4.78, 5) is 15.6. The molecule has 6 aromatic carbocycles. The van der Waals surface area contributed by atoms with Crippen LogP contribution in [0.15, 0.2) is 152 Å². The summed E-state index contributed by atoms with van der Waals surface area (Å²) >= 11 is 0. The lowest BCUT2D eigenvalue weighted by atomic mass is 10.0. The molecule has 10 aromatic rings. The van der Waals surface area contributed by atoms with Gasteiger partial charge < -0.3 is 0 Å². The maximum Gasteiger partial charge on any atom is 0.162 e. The molecule has 0 aliphatic carbocycles. The van der Waals surface area contributed by atoms with Crippen LogP contribution in [-0.4, -0.2) is 23.9 Å². The van der Waals surface area contributed by atoms with Crippen molar-refractivity contribution in [3.8, 4) is 28.5 Å². The molecular weight excluding hydrogens is 562 g/mol. The van der Waals surface area contributed by atoms with E-state index in [9.17, 15) is 0 Å². The number of nitrogens with zero attached hydrogens (tertiary/aromatic N) is 5. The lowest BCUT2D eigenvalue weighted by Crippen LogP contribution is -2.03. The number of benzene rings is 6. The smallest absolute Gasteiger partial charge is 0.162 e. The average molecular weight is 588 g/mol. The van der Waals surface area contributed by atoms with Gasteiger partial charge in [0.1, 0.15) is 11.5 Å². The summed E-state index contributed by atoms with van der Waals surface area (Å²) in [7, 11) is 0. The minimum atomic E-state index is 0.690. The second-order valence-electron chi connectivity index (χ2n) is 11.7. The van der Waals surface area contributed by atoms with E-state index in [1.807, 2.05) is 24.3 Å². The first-order valence-electron chi connectivity index (χ1n) is 15.5. The predicted molar refractivity (Wildman–Crippen MR) is 189 cm³/mol. The molecule has 4 heterocycles. The van der Waals surface area contributed by atoms with Gasteiger partial charge >= 0.3 is 0 Å². The Balaban J connectivity index is 1.42. The van der Waals surface area contributed by atoms with E-state index in [1.54, 1.807) is 0 Å². The van der Waals surface area contributed by atoms with Gasteiger partial charge in [-0.15, -0.1) is 0 Å². The van der Waals surface area contributed by atoms with Gasteiger partial charge in [-0.1, -0.05) is 115 Å². The van der Waals surface area contributed by atoms with Crippen LogP contribution in [0.1, 0.15) is 0 Å². The quantitative estimate of drug-likeness (QED) is 0.193. The third-order valence-corrected chi connectivity index (χ3v) is 9.10. The van der Waals surface area contributed by atoms with E-state index in [4.69, 9.17) is 15.0 Å². The zero-order chi connectivity index (χ0) is 30.2. The highest BCUT2D eigenvalue weighted by molar-refractivity contribution is 6.27. The van der Waals surface area contributed by atoms with Crippen molar-refractivity contribution in [1.29, 1.82) is 0 Å². The number of pyridine rings is 1. The van der Waals surface area contributed by atoms with E-state index in [-0.39, 0.29) is 0 Å². The van der Waals surface area contributed by atoms with Crippen molar-refractivity contribution in [2.75, 3.05) is 0 Å². The molecule has 0 fully saturated rings. The van der Waals surface area contributed by atoms with Gasteiger partial charge in [-0.25, -0.2) is 15.0 Å². The molecule has 0 saturated carbocycles. The number of imidazole rings is 1. The largest absolute Gasteiger partial charge is 0.293 e. The van der Waals surface area contributed by atoms with Crippen molar-refractivity contribution >= 4 is 60.2 Å². The molecule has 0 amide bonds. The highest BCUT2D eigenvalue weighted by Gasteiger charge is 2.22. The van der Waals surface area contributed by atoms with Crippen LogP contribution in [0.25, 0.3) is 88.6 Å². The van der Waals surface area contributed by atoms with Gasteiger partial charge in [0.05, 0.1) is 33.3 Å². The van der Waals surface area contributed by atoms with Crippen molar-refractivity contribution in [3.63, 3.8) is 0 Å². The summed E-state index contributed by atoms with van der Waals surface area (Å²) in [6, 6.07) is 52.9. The lowest BCUT2D eigenvalue weighted by molar-refractivity contribution is 1.05. The normalized spacial score (nSPS) is 11.9. The van der Waals surface area contributed by atoms with Gasteiger partial charge in [0.25, 0.3) is 0 Å². The maximum absolute atomic E-state index is 5.29. The van der Waals surface area contributed by atoms with Crippen LogP contribution in [0.5, 0.6) is 0 Å². The summed E-state index contributed by atoms with van der Waals surface area (Å²) < 4.78 is 4.64. The number of aromatic nitrogens is 5. The zero-order valence-electron chi connectivity index (χ0n) is 24.7. The Morgan fingerprint density at radius 2 is 1.07 bits per heavy atom. The van der Waals surface area contributed by atoms with Crippen molar-refractivity contribution in [2.24, 2.45) is 0 Å². The molecule has 46 heavy (non-hydrogen) atoms. The Hall–Kier alpha value is -6.33. The lowest BCUT2D eigenvalue weighted by Gasteiger charge is -2.15. The van der Waals surface area contributed by atoms with Crippen LogP contribution in [0.2, 0.25) is 0 Å². The Labute approximate surface area is 263 Å². The van der Waals surface area contributed by atoms with Crippen LogP contribution in [0.4, 0.5) is 0 Å². The van der Waals surface area contributed by atoms with Gasteiger partial charge in [0.2, 0.25) is 0 Å². The van der Waals surface area contributed by atoms with Gasteiger partial charge in [0, 0.05) is 44.1 Å². The monoisotopic (exact) mass is 587 g/mol. The minimum absolute atomic E-state index is 0.690. The fraction of sp³-hybridized carbons (Fsp3) is 0. The van der Waals surface area contributed by atoms with Crippen molar-refractivity contribution in [2.45, 2.75) is 0 Å². The third-order valence-electron chi connectivity index (χ3n) is 9.10. The van der Waals surface area contributed by atoms with Gasteiger partial charge in [-0.3, -0.25) is 8.97 Å². The standard InChI is InChI=1S/C41H25N5/c1-3-13-26(14-4-1)33-25-37(44-40(42-33)27-15-5-2-6-16-27)46-34-20-10-7-17-28(34)29-23-24-31-38(39(29)46)30-18-8-11-21-35(30)45-36-22-12-9-19-32(36)43-41(31)45/h1-25H. The molecule has 214 valence electrons. The fourth-order valence-corrected chi connectivity index (χ4v) is 7.11. The van der Waals surface area contributed by atoms with E-state index >= 15 is 0 Å². The summed E-state index contributed by atoms with van der Waals surface area (Å²) in [5.41, 5.74) is 9.27. The first kappa shape index (κ1) is 25.0. The van der Waals surface area contributed by atoms with Crippen LogP contribution in [0, 0.1) is 0 Å². The molecular formula is C41H25N5. The maximum atomic E-state index is 5.29. The topological polar surface area (TPSA) is 48.0 Å². The molecule has 0 N–H and O–H groups in total. The Morgan fingerprint density at radius 3 is 1.87 bits per heavy atom. The summed E-state index contributed by atoms with van der Waals surface area (Å²) in [6.07, 6.45) is 0. The zero-order valence-corrected chi connectivity index (χ0v) is 24.7. The Morgan fingerprint density at radius 1 is 0.435 bits per heavy atom. The molecule has 0 radical (unpaired) electrons. The fourth-order valence-electron chi connectivity index (χ4n) is 7.11. The summed E-state index contributed by atoms with van der Waals surface area (Å²) in [5.74, 6) is 1.51. The summed E-state index contributed by atoms with van der Waals surface area (Å²) in [6.45, 7) is 0. The highest BCUT2D eigenvalue weighted by atomic mass is 15.1. The average Bonchev–Trinajstić information content (AvgIpc) is 3.69. The number of rotatable bonds is 3. The molecule has 0 bridgehead atoms. The molecule has 4 aromatic heterocycles. The van der Waals surface area contributed by atoms with Crippen molar-refractivity contribution < 1.29 is 0 Å². The minimum Gasteiger partial charge on any atom is -0.293 e. The molecule has 0 aliphatic heterocycles. The van der Waals surface area contributed by atoms with Crippen LogP contribution >= 0.6 is 0 Å². The van der Waals surface area contributed by atoms with E-state index < -0.39 is 0 Å². The second kappa shape index (κ2) is 9.58. The number of hydrogen-bond donors (Lipinski definition) is 0. The molecule has 0 aliphatic rings. The Bertz CT molecular complexity index is 2740. The van der Waals surface area contributed by atoms with Crippen LogP contribution in [0.3, 0.4) is 0 Å². The molecule has 0 saturated heterocycles. The number of fused-ring (bicyclic) bond motifs is 12. The first-order valence-corrected chi connectivity index (χ1v) is 15.5. The van der Waals surface area contributed by atoms with Crippen molar-refractivity contribution in [1.82, 2.24) is 23.9 Å². The van der Waals surface area contributed by atoms with Crippen LogP contribution < -0.4 is 0 Å². The predicted octanol–water partition coefficient (Wildman–Crippen LogP) is 10.0. The first-order chi connectivity index (χ1) is 22.8. The van der Waals surface area contributed by atoms with E-state index in [2.05, 4.69) is 136 Å². The number of hydrogen-bond acceptors (Lipinski definition) is 3. The highest BCUT2D eigenvalue weighted by Crippen LogP contribution is 2.42. The molecule has 5 nitrogen and oxygen atoms in total. The van der Waals surface area contributed by atoms with E-state index in [0.29, 0.717) is 5.82 Å². The SMILES string of the molecule is c1ccc(-c2cc(-n3c4ccccc4c4ccc5c(c6ccccc6n6c7ccccc7nc56)c43)nc(-c3ccccc3)n2)cc1. The third kappa shape index (κ3) is 3.54. The van der Waals surface area contributed by atoms with Gasteiger partial charge in [-0.2, -0.15) is 0 Å². The number of para-hydroxylation sites is 4. The Kier molecular flexibility index (Phi) is 5.22. The van der Waals surface area contributed by atoms with Gasteiger partial charge in [-0.05, 0) is 30.3 Å². The molecule has 10 rings (SSSR count). The molecule has 0 unspecified atom stereocenters. The van der Waals surface area contributed by atoms with E-state index in [0.717, 1.165) is 66.6 Å². The second-order valence-corrected chi connectivity index (χ2v) is 11.7. The van der Waals surface area contributed by atoms with E-state index in [1.165, 1.54) is 16.2 Å². The van der Waals surface area contributed by atoms with Crippen molar-refractivity contribution in [3.05, 3.63) is 152 Å². The van der Waals surface area contributed by atoms with Gasteiger partial charge in [0.15, 0.2) is 5.82 Å². The molecule has 0 spiro atoms. The summed E-state index contributed by atoms with van der Waals surface area (Å²) in [5, 5.41) is 5.79. The molecule has 0 atom stereocenters. The molecule has 5 heteroatoms.